The van der Waals surface area contributed by atoms with Gasteiger partial charge in [-0.1, -0.05) is 0 Å². The maximum absolute atomic E-state index is 12.1. The van der Waals surface area contributed by atoms with Crippen molar-refractivity contribution in [2.45, 2.75) is 19.3 Å². The Labute approximate surface area is 109 Å². The lowest BCUT2D eigenvalue weighted by molar-refractivity contribution is -0.131. The van der Waals surface area contributed by atoms with Crippen LogP contribution in [0, 0.1) is 11.3 Å². The number of hydrogen-bond acceptors (Lipinski definition) is 4. The highest BCUT2D eigenvalue weighted by Gasteiger charge is 2.22. The molecule has 0 saturated carbocycles. The summed E-state index contributed by atoms with van der Waals surface area (Å²) >= 11 is 0. The lowest BCUT2D eigenvalue weighted by atomic mass is 10.3. The van der Waals surface area contributed by atoms with E-state index in [-0.39, 0.29) is 5.91 Å². The molecule has 0 aromatic carbocycles. The molecule has 0 radical (unpaired) electrons. The van der Waals surface area contributed by atoms with E-state index in [0.717, 1.165) is 58.5 Å². The molecule has 0 atom stereocenters. The minimum Gasteiger partial charge on any atom is -0.342 e. The first-order valence-corrected chi connectivity index (χ1v) is 6.89. The summed E-state index contributed by atoms with van der Waals surface area (Å²) in [7, 11) is 0. The zero-order valence-corrected chi connectivity index (χ0v) is 11.0. The molecule has 0 spiro atoms. The minimum absolute atomic E-state index is 0.279. The fraction of sp³-hybridized carbons (Fsp3) is 0.846. The smallest absolute Gasteiger partial charge is 0.236 e. The van der Waals surface area contributed by atoms with Crippen LogP contribution in [0.4, 0.5) is 0 Å². The third-order valence-electron chi connectivity index (χ3n) is 3.79. The van der Waals surface area contributed by atoms with Crippen molar-refractivity contribution < 1.29 is 4.79 Å². The molecule has 5 nitrogen and oxygen atoms in total. The Morgan fingerprint density at radius 1 is 0.944 bits per heavy atom. The van der Waals surface area contributed by atoms with E-state index < -0.39 is 0 Å². The van der Waals surface area contributed by atoms with E-state index in [2.05, 4.69) is 15.9 Å². The first-order chi connectivity index (χ1) is 8.79. The van der Waals surface area contributed by atoms with Crippen LogP contribution in [0.2, 0.25) is 0 Å². The lowest BCUT2D eigenvalue weighted by Gasteiger charge is -2.23. The van der Waals surface area contributed by atoms with E-state index in [1.807, 2.05) is 4.90 Å². The second-order valence-electron chi connectivity index (χ2n) is 5.15. The molecule has 2 heterocycles. The van der Waals surface area contributed by atoms with E-state index in [9.17, 15) is 4.79 Å². The Balaban J connectivity index is 1.76. The zero-order chi connectivity index (χ0) is 12.8. The van der Waals surface area contributed by atoms with Gasteiger partial charge in [0.25, 0.3) is 0 Å². The molecule has 0 unspecified atom stereocenters. The molecule has 0 aromatic rings. The fourth-order valence-corrected chi connectivity index (χ4v) is 2.70. The van der Waals surface area contributed by atoms with E-state index in [1.54, 1.807) is 0 Å². The standard InChI is InChI=1S/C13H22N4O/c14-4-9-15-5-3-6-16(11-10-15)12-13(18)17-7-1-2-8-17/h1-3,5-12H2. The van der Waals surface area contributed by atoms with Gasteiger partial charge in [-0.3, -0.25) is 14.6 Å². The van der Waals surface area contributed by atoms with Gasteiger partial charge in [-0.15, -0.1) is 0 Å². The molecule has 2 aliphatic heterocycles. The van der Waals surface area contributed by atoms with Crippen molar-refractivity contribution in [1.29, 1.82) is 5.26 Å². The third-order valence-corrected chi connectivity index (χ3v) is 3.79. The van der Waals surface area contributed by atoms with Gasteiger partial charge in [0.1, 0.15) is 0 Å². The minimum atomic E-state index is 0.279. The van der Waals surface area contributed by atoms with Gasteiger partial charge in [-0.25, -0.2) is 0 Å². The van der Waals surface area contributed by atoms with Crippen molar-refractivity contribution in [2.24, 2.45) is 0 Å². The quantitative estimate of drug-likeness (QED) is 0.669. The number of likely N-dealkylation sites (tertiary alicyclic amines) is 1. The van der Waals surface area contributed by atoms with Gasteiger partial charge in [0.05, 0.1) is 19.2 Å². The van der Waals surface area contributed by atoms with Crippen LogP contribution in [0.25, 0.3) is 0 Å². The summed E-state index contributed by atoms with van der Waals surface area (Å²) in [5.74, 6) is 0.279. The Hall–Kier alpha value is -1.12. The van der Waals surface area contributed by atoms with Crippen LogP contribution >= 0.6 is 0 Å². The number of amides is 1. The molecule has 100 valence electrons. The number of nitriles is 1. The number of rotatable bonds is 3. The molecular weight excluding hydrogens is 228 g/mol. The van der Waals surface area contributed by atoms with Crippen molar-refractivity contribution in [1.82, 2.24) is 14.7 Å². The SMILES string of the molecule is N#CCN1CCCN(CC(=O)N2CCCC2)CC1. The first-order valence-electron chi connectivity index (χ1n) is 6.89. The van der Waals surface area contributed by atoms with Crippen LogP contribution in [0.5, 0.6) is 0 Å². The number of nitrogens with zero attached hydrogens (tertiary/aromatic N) is 4. The fourth-order valence-electron chi connectivity index (χ4n) is 2.70. The highest BCUT2D eigenvalue weighted by Crippen LogP contribution is 2.09. The molecule has 0 aliphatic carbocycles. The molecule has 0 N–H and O–H groups in total. The third kappa shape index (κ3) is 3.69. The summed E-state index contributed by atoms with van der Waals surface area (Å²) in [6.07, 6.45) is 3.36. The zero-order valence-electron chi connectivity index (χ0n) is 11.0. The summed E-state index contributed by atoms with van der Waals surface area (Å²) in [6.45, 7) is 6.69. The van der Waals surface area contributed by atoms with Gasteiger partial charge in [-0.2, -0.15) is 5.26 Å². The summed E-state index contributed by atoms with van der Waals surface area (Å²) in [5, 5.41) is 8.70. The monoisotopic (exact) mass is 250 g/mol. The first kappa shape index (κ1) is 13.3. The van der Waals surface area contributed by atoms with Crippen LogP contribution < -0.4 is 0 Å². The van der Waals surface area contributed by atoms with E-state index in [0.29, 0.717) is 13.1 Å². The molecule has 1 amide bonds. The molecule has 0 aromatic heterocycles. The Kier molecular flexibility index (Phi) is 4.97. The van der Waals surface area contributed by atoms with Gasteiger partial charge in [0.2, 0.25) is 5.91 Å². The number of hydrogen-bond donors (Lipinski definition) is 0. The molecule has 2 aliphatic rings. The van der Waals surface area contributed by atoms with Crippen molar-refractivity contribution >= 4 is 5.91 Å². The summed E-state index contributed by atoms with van der Waals surface area (Å²) in [6, 6.07) is 2.20. The Bertz CT molecular complexity index is 319. The van der Waals surface area contributed by atoms with Gasteiger partial charge < -0.3 is 4.90 Å². The molecule has 0 bridgehead atoms. The van der Waals surface area contributed by atoms with E-state index >= 15 is 0 Å². The van der Waals surface area contributed by atoms with Crippen molar-refractivity contribution in [3.8, 4) is 6.07 Å². The molecular formula is C13H22N4O. The van der Waals surface area contributed by atoms with Crippen LogP contribution in [0.15, 0.2) is 0 Å². The highest BCUT2D eigenvalue weighted by molar-refractivity contribution is 5.78. The van der Waals surface area contributed by atoms with Gasteiger partial charge >= 0.3 is 0 Å². The normalized spacial score (nSPS) is 22.7. The largest absolute Gasteiger partial charge is 0.342 e. The van der Waals surface area contributed by atoms with Gasteiger partial charge in [-0.05, 0) is 25.8 Å². The van der Waals surface area contributed by atoms with Crippen LogP contribution in [0.3, 0.4) is 0 Å². The average Bonchev–Trinajstić information content (AvgIpc) is 2.81. The maximum Gasteiger partial charge on any atom is 0.236 e. The average molecular weight is 250 g/mol. The van der Waals surface area contributed by atoms with Crippen molar-refractivity contribution in [3.05, 3.63) is 0 Å². The van der Waals surface area contributed by atoms with E-state index in [1.165, 1.54) is 0 Å². The van der Waals surface area contributed by atoms with E-state index in [4.69, 9.17) is 5.26 Å². The second kappa shape index (κ2) is 6.72. The summed E-state index contributed by atoms with van der Waals surface area (Å²) in [4.78, 5) is 18.4. The topological polar surface area (TPSA) is 50.6 Å². The van der Waals surface area contributed by atoms with Crippen molar-refractivity contribution in [2.75, 3.05) is 52.4 Å². The number of carbonyl (C=O) groups excluding carboxylic acids is 1. The molecule has 2 fully saturated rings. The Morgan fingerprint density at radius 3 is 2.33 bits per heavy atom. The maximum atomic E-state index is 12.1. The van der Waals surface area contributed by atoms with Crippen LogP contribution in [-0.2, 0) is 4.79 Å². The Morgan fingerprint density at radius 2 is 1.61 bits per heavy atom. The predicted molar refractivity (Wildman–Crippen MR) is 68.9 cm³/mol. The van der Waals surface area contributed by atoms with Gasteiger partial charge in [0, 0.05) is 32.7 Å². The van der Waals surface area contributed by atoms with Crippen LogP contribution in [0.1, 0.15) is 19.3 Å². The lowest BCUT2D eigenvalue weighted by Crippen LogP contribution is -2.40. The number of carbonyl (C=O) groups is 1. The van der Waals surface area contributed by atoms with Crippen molar-refractivity contribution in [3.63, 3.8) is 0 Å². The van der Waals surface area contributed by atoms with Gasteiger partial charge in [0.15, 0.2) is 0 Å². The highest BCUT2D eigenvalue weighted by atomic mass is 16.2. The predicted octanol–water partition coefficient (Wildman–Crippen LogP) is 0.140. The van der Waals surface area contributed by atoms with Crippen LogP contribution in [-0.4, -0.2) is 73.0 Å². The summed E-state index contributed by atoms with van der Waals surface area (Å²) < 4.78 is 0. The molecule has 5 heteroatoms. The summed E-state index contributed by atoms with van der Waals surface area (Å²) in [5.41, 5.74) is 0. The second-order valence-corrected chi connectivity index (χ2v) is 5.15. The molecule has 2 saturated heterocycles. The molecule has 2 rings (SSSR count). The molecule has 18 heavy (non-hydrogen) atoms.